The second-order valence-corrected chi connectivity index (χ2v) is 7.42. The molecule has 4 rings (SSSR count). The van der Waals surface area contributed by atoms with Gasteiger partial charge in [-0.1, -0.05) is 12.1 Å². The standard InChI is InChI=1S/C23H15F3N2O2S/c24-15-4-6-17(7-5-15)27-22(29)21-13-31-23(28-21)19-9-8-18(11-20(19)26)30-12-14-2-1-3-16(25)10-14/h1-11,13H,12H2,(H,27,29). The number of hydrogen-bond acceptors (Lipinski definition) is 4. The van der Waals surface area contributed by atoms with Gasteiger partial charge in [0.25, 0.3) is 5.91 Å². The molecule has 4 nitrogen and oxygen atoms in total. The van der Waals surface area contributed by atoms with Crippen molar-refractivity contribution in [2.24, 2.45) is 0 Å². The highest BCUT2D eigenvalue weighted by Crippen LogP contribution is 2.29. The molecule has 1 amide bonds. The summed E-state index contributed by atoms with van der Waals surface area (Å²) in [5, 5.41) is 4.46. The lowest BCUT2D eigenvalue weighted by molar-refractivity contribution is 0.102. The fraction of sp³-hybridized carbons (Fsp3) is 0.0435. The van der Waals surface area contributed by atoms with Crippen LogP contribution in [-0.4, -0.2) is 10.9 Å². The van der Waals surface area contributed by atoms with E-state index < -0.39 is 17.5 Å². The van der Waals surface area contributed by atoms with Gasteiger partial charge in [0.1, 0.15) is 40.5 Å². The first kappa shape index (κ1) is 20.6. The molecule has 0 aliphatic carbocycles. The quantitative estimate of drug-likeness (QED) is 0.397. The topological polar surface area (TPSA) is 51.2 Å². The summed E-state index contributed by atoms with van der Waals surface area (Å²) in [7, 11) is 0. The number of hydrogen-bond donors (Lipinski definition) is 1. The van der Waals surface area contributed by atoms with Gasteiger partial charge >= 0.3 is 0 Å². The van der Waals surface area contributed by atoms with Crippen LogP contribution in [0.3, 0.4) is 0 Å². The third-order valence-corrected chi connectivity index (χ3v) is 5.18. The number of nitrogens with zero attached hydrogens (tertiary/aromatic N) is 1. The van der Waals surface area contributed by atoms with Gasteiger partial charge in [0.15, 0.2) is 0 Å². The first-order valence-electron chi connectivity index (χ1n) is 9.17. The molecule has 1 N–H and O–H groups in total. The van der Waals surface area contributed by atoms with Gasteiger partial charge in [-0.05, 0) is 54.1 Å². The Kier molecular flexibility index (Phi) is 5.99. The van der Waals surface area contributed by atoms with Crippen molar-refractivity contribution in [3.8, 4) is 16.3 Å². The first-order chi connectivity index (χ1) is 15.0. The molecule has 0 radical (unpaired) electrons. The Balaban J connectivity index is 1.44. The summed E-state index contributed by atoms with van der Waals surface area (Å²) in [6.07, 6.45) is 0. The van der Waals surface area contributed by atoms with Crippen molar-refractivity contribution in [3.63, 3.8) is 0 Å². The maximum Gasteiger partial charge on any atom is 0.275 e. The average molecular weight is 440 g/mol. The van der Waals surface area contributed by atoms with Gasteiger partial charge in [-0.15, -0.1) is 11.3 Å². The van der Waals surface area contributed by atoms with E-state index in [4.69, 9.17) is 4.74 Å². The smallest absolute Gasteiger partial charge is 0.275 e. The van der Waals surface area contributed by atoms with Gasteiger partial charge in [0.2, 0.25) is 0 Å². The highest BCUT2D eigenvalue weighted by atomic mass is 32.1. The highest BCUT2D eigenvalue weighted by Gasteiger charge is 2.15. The van der Waals surface area contributed by atoms with Crippen molar-refractivity contribution in [2.75, 3.05) is 5.32 Å². The van der Waals surface area contributed by atoms with Crippen molar-refractivity contribution in [3.05, 3.63) is 101 Å². The molecule has 0 aliphatic heterocycles. The Hall–Kier alpha value is -3.65. The molecule has 3 aromatic carbocycles. The van der Waals surface area contributed by atoms with Gasteiger partial charge in [0.05, 0.1) is 0 Å². The Bertz CT molecular complexity index is 1230. The zero-order valence-corrected chi connectivity index (χ0v) is 16.8. The number of thiazole rings is 1. The van der Waals surface area contributed by atoms with E-state index in [1.807, 2.05) is 0 Å². The third kappa shape index (κ3) is 5.10. The van der Waals surface area contributed by atoms with Crippen molar-refractivity contribution in [2.45, 2.75) is 6.61 Å². The van der Waals surface area contributed by atoms with Gasteiger partial charge in [0, 0.05) is 22.7 Å². The summed E-state index contributed by atoms with van der Waals surface area (Å²) in [5.74, 6) is -1.53. The number of halogens is 3. The van der Waals surface area contributed by atoms with Gasteiger partial charge in [-0.25, -0.2) is 18.2 Å². The summed E-state index contributed by atoms with van der Waals surface area (Å²) in [6.45, 7) is 0.0987. The fourth-order valence-electron chi connectivity index (χ4n) is 2.78. The number of carbonyl (C=O) groups is 1. The van der Waals surface area contributed by atoms with E-state index in [1.165, 1.54) is 53.9 Å². The molecule has 31 heavy (non-hydrogen) atoms. The molecule has 1 aromatic heterocycles. The summed E-state index contributed by atoms with van der Waals surface area (Å²) in [5.41, 5.74) is 1.40. The van der Waals surface area contributed by atoms with E-state index in [9.17, 15) is 18.0 Å². The SMILES string of the molecule is O=C(Nc1ccc(F)cc1)c1csc(-c2ccc(OCc3cccc(F)c3)cc2F)n1. The van der Waals surface area contributed by atoms with Crippen LogP contribution >= 0.6 is 11.3 Å². The van der Waals surface area contributed by atoms with Crippen LogP contribution in [0.2, 0.25) is 0 Å². The van der Waals surface area contributed by atoms with Gasteiger partial charge < -0.3 is 10.1 Å². The van der Waals surface area contributed by atoms with Crippen LogP contribution in [0.4, 0.5) is 18.9 Å². The van der Waals surface area contributed by atoms with Crippen LogP contribution in [0, 0.1) is 17.5 Å². The molecule has 1 heterocycles. The summed E-state index contributed by atoms with van der Waals surface area (Å²) in [4.78, 5) is 16.5. The lowest BCUT2D eigenvalue weighted by Gasteiger charge is -2.08. The Labute approximate surface area is 180 Å². The van der Waals surface area contributed by atoms with Crippen LogP contribution in [-0.2, 0) is 6.61 Å². The summed E-state index contributed by atoms with van der Waals surface area (Å²) < 4.78 is 46.3. The lowest BCUT2D eigenvalue weighted by Crippen LogP contribution is -2.12. The monoisotopic (exact) mass is 440 g/mol. The summed E-state index contributed by atoms with van der Waals surface area (Å²) in [6, 6.07) is 15.6. The van der Waals surface area contributed by atoms with E-state index in [0.717, 1.165) is 11.3 Å². The predicted molar refractivity (Wildman–Crippen MR) is 113 cm³/mol. The molecule has 0 saturated carbocycles. The zero-order valence-electron chi connectivity index (χ0n) is 15.9. The van der Waals surface area contributed by atoms with Crippen molar-refractivity contribution < 1.29 is 22.7 Å². The van der Waals surface area contributed by atoms with Crippen molar-refractivity contribution in [1.82, 2.24) is 4.98 Å². The van der Waals surface area contributed by atoms with E-state index >= 15 is 0 Å². The highest BCUT2D eigenvalue weighted by molar-refractivity contribution is 7.13. The minimum absolute atomic E-state index is 0.0987. The Morgan fingerprint density at radius 2 is 1.77 bits per heavy atom. The van der Waals surface area contributed by atoms with Crippen LogP contribution in [0.1, 0.15) is 16.1 Å². The van der Waals surface area contributed by atoms with Crippen LogP contribution in [0.15, 0.2) is 72.1 Å². The van der Waals surface area contributed by atoms with Gasteiger partial charge in [-0.2, -0.15) is 0 Å². The second-order valence-electron chi connectivity index (χ2n) is 6.56. The van der Waals surface area contributed by atoms with E-state index in [1.54, 1.807) is 18.2 Å². The lowest BCUT2D eigenvalue weighted by atomic mass is 10.2. The molecular formula is C23H15F3N2O2S. The molecule has 0 aliphatic rings. The number of ether oxygens (including phenoxy) is 1. The number of nitrogens with one attached hydrogen (secondary N) is 1. The molecule has 4 aromatic rings. The molecule has 0 unspecified atom stereocenters. The second kappa shape index (κ2) is 9.01. The summed E-state index contributed by atoms with van der Waals surface area (Å²) >= 11 is 1.12. The Morgan fingerprint density at radius 1 is 0.968 bits per heavy atom. The molecule has 0 spiro atoms. The minimum atomic E-state index is -0.559. The van der Waals surface area contributed by atoms with E-state index in [0.29, 0.717) is 16.3 Å². The van der Waals surface area contributed by atoms with Crippen LogP contribution in [0.5, 0.6) is 5.75 Å². The first-order valence-corrected chi connectivity index (χ1v) is 10.1. The maximum absolute atomic E-state index is 14.6. The molecule has 8 heteroatoms. The van der Waals surface area contributed by atoms with Crippen LogP contribution < -0.4 is 10.1 Å². The van der Waals surface area contributed by atoms with Crippen molar-refractivity contribution in [1.29, 1.82) is 0 Å². The number of aromatic nitrogens is 1. The number of amides is 1. The molecule has 156 valence electrons. The fourth-order valence-corrected chi connectivity index (χ4v) is 3.61. The van der Waals surface area contributed by atoms with E-state index in [-0.39, 0.29) is 29.4 Å². The minimum Gasteiger partial charge on any atom is -0.489 e. The molecule has 0 atom stereocenters. The number of carbonyl (C=O) groups excluding carboxylic acids is 1. The molecule has 0 fully saturated rings. The number of benzene rings is 3. The third-order valence-electron chi connectivity index (χ3n) is 4.30. The molecular weight excluding hydrogens is 425 g/mol. The van der Waals surface area contributed by atoms with Crippen molar-refractivity contribution >= 4 is 22.9 Å². The molecule has 0 saturated heterocycles. The average Bonchev–Trinajstić information content (AvgIpc) is 3.24. The predicted octanol–water partition coefficient (Wildman–Crippen LogP) is 6.06. The van der Waals surface area contributed by atoms with Crippen LogP contribution in [0.25, 0.3) is 10.6 Å². The maximum atomic E-state index is 14.6. The molecule has 0 bridgehead atoms. The largest absolute Gasteiger partial charge is 0.489 e. The zero-order chi connectivity index (χ0) is 21.8. The van der Waals surface area contributed by atoms with Gasteiger partial charge in [-0.3, -0.25) is 4.79 Å². The number of anilines is 1. The van der Waals surface area contributed by atoms with E-state index in [2.05, 4.69) is 10.3 Å². The number of rotatable bonds is 6. The Morgan fingerprint density at radius 3 is 2.52 bits per heavy atom. The normalized spacial score (nSPS) is 10.7.